The van der Waals surface area contributed by atoms with Crippen LogP contribution in [0.15, 0.2) is 48.9 Å². The van der Waals surface area contributed by atoms with Gasteiger partial charge in [-0.2, -0.15) is 26.3 Å². The summed E-state index contributed by atoms with van der Waals surface area (Å²) in [5.41, 5.74) is -0.832. The van der Waals surface area contributed by atoms with E-state index >= 15 is 0 Å². The standard InChI is InChI=1S/C23H18ClF6N5O3/c1-2-21(37-11-16(38-21)23(28,29)30)14-8-17(24)32-10-15(14)34-20(36)12-5-6-31-19(7-12)35-18-4-3-13(9-33-18)22(25,26)27/h3-10,16H,2,11H2,1H3,(H,34,36)(H,31,33,35). The van der Waals surface area contributed by atoms with Gasteiger partial charge in [0.25, 0.3) is 5.91 Å². The molecule has 3 aromatic heterocycles. The Kier molecular flexibility index (Phi) is 7.50. The maximum absolute atomic E-state index is 13.3. The van der Waals surface area contributed by atoms with Crippen LogP contribution in [0.2, 0.25) is 5.15 Å². The Bertz CT molecular complexity index is 1320. The number of nitrogens with zero attached hydrogens (tertiary/aromatic N) is 3. The first-order chi connectivity index (χ1) is 17.8. The third kappa shape index (κ3) is 5.97. The number of alkyl halides is 6. The zero-order chi connectivity index (χ0) is 27.7. The van der Waals surface area contributed by atoms with Crippen molar-refractivity contribution in [1.29, 1.82) is 0 Å². The Labute approximate surface area is 216 Å². The first kappa shape index (κ1) is 27.5. The summed E-state index contributed by atoms with van der Waals surface area (Å²) in [5.74, 6) is -2.39. The fraction of sp³-hybridized carbons (Fsp3) is 0.304. The zero-order valence-corrected chi connectivity index (χ0v) is 20.1. The van der Waals surface area contributed by atoms with Gasteiger partial charge < -0.3 is 20.1 Å². The molecule has 2 unspecified atom stereocenters. The minimum atomic E-state index is -4.67. The van der Waals surface area contributed by atoms with E-state index in [0.717, 1.165) is 18.3 Å². The second-order valence-electron chi connectivity index (χ2n) is 8.06. The molecule has 2 atom stereocenters. The van der Waals surface area contributed by atoms with E-state index < -0.39 is 42.3 Å². The van der Waals surface area contributed by atoms with Crippen LogP contribution in [0.5, 0.6) is 0 Å². The predicted octanol–water partition coefficient (Wildman–Crippen LogP) is 6.08. The Balaban J connectivity index is 1.55. The van der Waals surface area contributed by atoms with Crippen LogP contribution in [-0.2, 0) is 21.4 Å². The number of ether oxygens (including phenoxy) is 2. The van der Waals surface area contributed by atoms with E-state index in [1.807, 2.05) is 0 Å². The van der Waals surface area contributed by atoms with Gasteiger partial charge in [-0.3, -0.25) is 4.79 Å². The third-order valence-corrected chi connectivity index (χ3v) is 5.74. The highest BCUT2D eigenvalue weighted by Crippen LogP contribution is 2.45. The van der Waals surface area contributed by atoms with Gasteiger partial charge >= 0.3 is 12.4 Å². The molecule has 4 rings (SSSR count). The Morgan fingerprint density at radius 1 is 1.08 bits per heavy atom. The number of hydrogen-bond donors (Lipinski definition) is 2. The summed E-state index contributed by atoms with van der Waals surface area (Å²) >= 11 is 5.98. The normalized spacial score (nSPS) is 19.8. The van der Waals surface area contributed by atoms with Crippen LogP contribution in [0, 0.1) is 0 Å². The first-order valence-electron chi connectivity index (χ1n) is 10.9. The molecular weight excluding hydrogens is 544 g/mol. The van der Waals surface area contributed by atoms with Crippen molar-refractivity contribution in [2.45, 2.75) is 37.6 Å². The van der Waals surface area contributed by atoms with E-state index in [-0.39, 0.29) is 40.0 Å². The molecule has 0 saturated carbocycles. The summed E-state index contributed by atoms with van der Waals surface area (Å²) in [6.45, 7) is 0.802. The van der Waals surface area contributed by atoms with E-state index in [1.165, 1.54) is 24.4 Å². The molecule has 0 aromatic carbocycles. The number of halogens is 7. The lowest BCUT2D eigenvalue weighted by atomic mass is 10.0. The number of hydrogen-bond acceptors (Lipinski definition) is 7. The van der Waals surface area contributed by atoms with Crippen LogP contribution in [0.25, 0.3) is 0 Å². The van der Waals surface area contributed by atoms with Crippen molar-refractivity contribution in [3.05, 3.63) is 70.8 Å². The smallest absolute Gasteiger partial charge is 0.343 e. The maximum atomic E-state index is 13.3. The largest absolute Gasteiger partial charge is 0.417 e. The van der Waals surface area contributed by atoms with Gasteiger partial charge in [0.2, 0.25) is 0 Å². The van der Waals surface area contributed by atoms with Crippen LogP contribution < -0.4 is 10.6 Å². The van der Waals surface area contributed by atoms with Crippen molar-refractivity contribution in [3.63, 3.8) is 0 Å². The Hall–Kier alpha value is -3.49. The molecule has 1 fully saturated rings. The van der Waals surface area contributed by atoms with Crippen LogP contribution in [0.1, 0.15) is 34.8 Å². The molecule has 0 bridgehead atoms. The molecule has 1 amide bonds. The van der Waals surface area contributed by atoms with Crippen LogP contribution in [-0.4, -0.2) is 39.7 Å². The molecule has 0 aliphatic carbocycles. The lowest BCUT2D eigenvalue weighted by Crippen LogP contribution is -2.34. The van der Waals surface area contributed by atoms with E-state index in [2.05, 4.69) is 25.6 Å². The first-order valence-corrected chi connectivity index (χ1v) is 11.3. The Morgan fingerprint density at radius 2 is 1.84 bits per heavy atom. The van der Waals surface area contributed by atoms with Crippen molar-refractivity contribution in [2.75, 3.05) is 17.2 Å². The Morgan fingerprint density at radius 3 is 2.45 bits per heavy atom. The molecule has 1 aliphatic heterocycles. The van der Waals surface area contributed by atoms with E-state index in [9.17, 15) is 31.1 Å². The number of amides is 1. The summed E-state index contributed by atoms with van der Waals surface area (Å²) < 4.78 is 88.7. The maximum Gasteiger partial charge on any atom is 0.417 e. The van der Waals surface area contributed by atoms with Crippen LogP contribution in [0.3, 0.4) is 0 Å². The second kappa shape index (κ2) is 10.3. The highest BCUT2D eigenvalue weighted by molar-refractivity contribution is 6.29. The van der Waals surface area contributed by atoms with Gasteiger partial charge in [0, 0.05) is 29.9 Å². The number of carbonyl (C=O) groups excluding carboxylic acids is 1. The van der Waals surface area contributed by atoms with Gasteiger partial charge in [0.15, 0.2) is 11.9 Å². The topological polar surface area (TPSA) is 98.3 Å². The van der Waals surface area contributed by atoms with Gasteiger partial charge in [-0.05, 0) is 30.3 Å². The van der Waals surface area contributed by atoms with Crippen molar-refractivity contribution >= 4 is 34.8 Å². The molecule has 1 saturated heterocycles. The quantitative estimate of drug-likeness (QED) is 0.278. The van der Waals surface area contributed by atoms with E-state index in [0.29, 0.717) is 6.20 Å². The number of carbonyl (C=O) groups is 1. The van der Waals surface area contributed by atoms with Crippen molar-refractivity contribution in [1.82, 2.24) is 15.0 Å². The minimum Gasteiger partial charge on any atom is -0.343 e. The molecule has 2 N–H and O–H groups in total. The molecule has 8 nitrogen and oxygen atoms in total. The minimum absolute atomic E-state index is 0.000183. The highest BCUT2D eigenvalue weighted by atomic mass is 35.5. The monoisotopic (exact) mass is 561 g/mol. The number of aromatic nitrogens is 3. The fourth-order valence-corrected chi connectivity index (χ4v) is 3.79. The molecule has 1 aliphatic rings. The van der Waals surface area contributed by atoms with Gasteiger partial charge in [-0.15, -0.1) is 0 Å². The molecule has 4 heterocycles. The van der Waals surface area contributed by atoms with E-state index in [1.54, 1.807) is 6.92 Å². The predicted molar refractivity (Wildman–Crippen MR) is 123 cm³/mol. The summed E-state index contributed by atoms with van der Waals surface area (Å²) in [6.07, 6.45) is -8.35. The number of pyridine rings is 3. The molecule has 3 aromatic rings. The molecule has 0 radical (unpaired) electrons. The van der Waals surface area contributed by atoms with Gasteiger partial charge in [-0.1, -0.05) is 18.5 Å². The number of nitrogens with one attached hydrogen (secondary N) is 2. The van der Waals surface area contributed by atoms with Crippen LogP contribution in [0.4, 0.5) is 43.7 Å². The summed E-state index contributed by atoms with van der Waals surface area (Å²) in [6, 6.07) is 5.83. The summed E-state index contributed by atoms with van der Waals surface area (Å²) in [7, 11) is 0. The molecule has 0 spiro atoms. The molecular formula is C23H18ClF6N5O3. The van der Waals surface area contributed by atoms with Crippen molar-refractivity contribution in [3.8, 4) is 0 Å². The van der Waals surface area contributed by atoms with Gasteiger partial charge in [0.05, 0.1) is 24.1 Å². The molecule has 38 heavy (non-hydrogen) atoms. The summed E-state index contributed by atoms with van der Waals surface area (Å²) in [5, 5.41) is 5.19. The highest BCUT2D eigenvalue weighted by Gasteiger charge is 2.53. The lowest BCUT2D eigenvalue weighted by Gasteiger charge is -2.29. The molecule has 202 valence electrons. The summed E-state index contributed by atoms with van der Waals surface area (Å²) in [4.78, 5) is 24.6. The van der Waals surface area contributed by atoms with E-state index in [4.69, 9.17) is 21.1 Å². The SMILES string of the molecule is CCC1(c2cc(Cl)ncc2NC(=O)c2ccnc(Nc3ccc(C(F)(F)F)cn3)c2)OCC(C(F)(F)F)O1. The average molecular weight is 562 g/mol. The zero-order valence-electron chi connectivity index (χ0n) is 19.3. The van der Waals surface area contributed by atoms with Crippen molar-refractivity contribution < 1.29 is 40.6 Å². The van der Waals surface area contributed by atoms with Gasteiger partial charge in [-0.25, -0.2) is 15.0 Å². The van der Waals surface area contributed by atoms with Gasteiger partial charge in [0.1, 0.15) is 16.8 Å². The fourth-order valence-electron chi connectivity index (χ4n) is 3.63. The molecule has 15 heteroatoms. The number of anilines is 3. The van der Waals surface area contributed by atoms with Crippen molar-refractivity contribution in [2.24, 2.45) is 0 Å². The average Bonchev–Trinajstić information content (AvgIpc) is 3.32. The lowest BCUT2D eigenvalue weighted by molar-refractivity contribution is -0.247. The third-order valence-electron chi connectivity index (χ3n) is 5.53. The van der Waals surface area contributed by atoms with Crippen LogP contribution >= 0.6 is 11.6 Å². The second-order valence-corrected chi connectivity index (χ2v) is 8.44. The number of rotatable bonds is 6.